The van der Waals surface area contributed by atoms with Crippen LogP contribution in [0.5, 0.6) is 0 Å². The van der Waals surface area contributed by atoms with Crippen LogP contribution in [0.25, 0.3) is 0 Å². The highest BCUT2D eigenvalue weighted by Gasteiger charge is 2.44. The summed E-state index contributed by atoms with van der Waals surface area (Å²) in [7, 11) is 0. The van der Waals surface area contributed by atoms with Crippen molar-refractivity contribution in [1.82, 2.24) is 10.3 Å². The number of nitrogens with zero attached hydrogens (tertiary/aromatic N) is 1. The minimum atomic E-state index is 0.173. The number of aromatic nitrogens is 1. The van der Waals surface area contributed by atoms with Gasteiger partial charge in [-0.25, -0.2) is 4.98 Å². The average molecular weight is 307 g/mol. The van der Waals surface area contributed by atoms with Gasteiger partial charge in [0.2, 0.25) is 0 Å². The minimum Gasteiger partial charge on any atom is -0.303 e. The van der Waals surface area contributed by atoms with Crippen molar-refractivity contribution >= 4 is 11.3 Å². The van der Waals surface area contributed by atoms with Gasteiger partial charge in [0.1, 0.15) is 5.01 Å². The van der Waals surface area contributed by atoms with E-state index in [4.69, 9.17) is 4.98 Å². The molecule has 3 rings (SSSR count). The van der Waals surface area contributed by atoms with Gasteiger partial charge in [0, 0.05) is 10.9 Å². The smallest absolute Gasteiger partial charge is 0.113 e. The van der Waals surface area contributed by atoms with Crippen molar-refractivity contribution in [3.63, 3.8) is 0 Å². The third kappa shape index (κ3) is 3.19. The van der Waals surface area contributed by atoms with Gasteiger partial charge in [0.15, 0.2) is 0 Å². The molecule has 0 amide bonds. The lowest BCUT2D eigenvalue weighted by Crippen LogP contribution is -2.47. The van der Waals surface area contributed by atoms with Crippen molar-refractivity contribution in [3.05, 3.63) is 15.6 Å². The summed E-state index contributed by atoms with van der Waals surface area (Å²) >= 11 is 1.92. The molecule has 0 unspecified atom stereocenters. The molecule has 0 atom stereocenters. The summed E-state index contributed by atoms with van der Waals surface area (Å²) in [6.45, 7) is 11.6. The number of nitrogens with one attached hydrogen (secondary N) is 1. The van der Waals surface area contributed by atoms with Gasteiger partial charge in [-0.3, -0.25) is 0 Å². The first-order valence-electron chi connectivity index (χ1n) is 8.52. The molecular weight excluding hydrogens is 276 g/mol. The second-order valence-corrected chi connectivity index (χ2v) is 9.50. The Bertz CT molecular complexity index is 480. The normalized spacial score (nSPS) is 30.6. The van der Waals surface area contributed by atoms with Crippen LogP contribution < -0.4 is 5.32 Å². The zero-order valence-corrected chi connectivity index (χ0v) is 15.1. The molecule has 1 aromatic heterocycles. The summed E-state index contributed by atoms with van der Waals surface area (Å²) in [6.07, 6.45) is 7.90. The Kier molecular flexibility index (Phi) is 3.94. The molecule has 1 heterocycles. The van der Waals surface area contributed by atoms with E-state index in [0.29, 0.717) is 5.41 Å². The summed E-state index contributed by atoms with van der Waals surface area (Å²) < 4.78 is 0. The van der Waals surface area contributed by atoms with E-state index in [0.717, 1.165) is 12.0 Å². The Morgan fingerprint density at radius 3 is 2.14 bits per heavy atom. The summed E-state index contributed by atoms with van der Waals surface area (Å²) in [4.78, 5) is 6.32. The number of hydrogen-bond acceptors (Lipinski definition) is 3. The molecule has 2 aliphatic rings. The summed E-state index contributed by atoms with van der Waals surface area (Å²) in [5, 5.41) is 5.34. The molecule has 118 valence electrons. The Labute approximate surface area is 133 Å². The molecule has 0 aromatic carbocycles. The van der Waals surface area contributed by atoms with Gasteiger partial charge in [-0.15, -0.1) is 11.3 Å². The molecule has 2 saturated carbocycles. The molecule has 0 spiro atoms. The molecular formula is C18H30N2S. The molecule has 1 N–H and O–H groups in total. The van der Waals surface area contributed by atoms with Crippen LogP contribution in [0.3, 0.4) is 0 Å². The first kappa shape index (κ1) is 15.5. The molecule has 0 aliphatic heterocycles. The zero-order chi connectivity index (χ0) is 15.3. The van der Waals surface area contributed by atoms with E-state index in [1.54, 1.807) is 0 Å². The molecule has 3 heteroatoms. The summed E-state index contributed by atoms with van der Waals surface area (Å²) in [5.41, 5.74) is 1.84. The molecule has 2 nitrogen and oxygen atoms in total. The van der Waals surface area contributed by atoms with Crippen LogP contribution >= 0.6 is 11.3 Å². The predicted molar refractivity (Wildman–Crippen MR) is 90.8 cm³/mol. The van der Waals surface area contributed by atoms with Crippen LogP contribution in [0.15, 0.2) is 0 Å². The van der Waals surface area contributed by atoms with Crippen molar-refractivity contribution in [1.29, 1.82) is 0 Å². The summed E-state index contributed by atoms with van der Waals surface area (Å²) in [6, 6.07) is 0.751. The van der Waals surface area contributed by atoms with Crippen molar-refractivity contribution < 1.29 is 0 Å². The monoisotopic (exact) mass is 306 g/mol. The highest BCUT2D eigenvalue weighted by atomic mass is 32.1. The van der Waals surface area contributed by atoms with E-state index in [9.17, 15) is 0 Å². The molecule has 0 bridgehead atoms. The first-order valence-corrected chi connectivity index (χ1v) is 9.34. The van der Waals surface area contributed by atoms with Crippen LogP contribution in [0.4, 0.5) is 0 Å². The van der Waals surface area contributed by atoms with Gasteiger partial charge in [-0.05, 0) is 63.7 Å². The minimum absolute atomic E-state index is 0.173. The topological polar surface area (TPSA) is 24.9 Å². The van der Waals surface area contributed by atoms with Crippen molar-refractivity contribution in [2.24, 2.45) is 11.3 Å². The number of thiazole rings is 1. The predicted octanol–water partition coefficient (Wildman–Crippen LogP) is 4.94. The van der Waals surface area contributed by atoms with E-state index in [1.807, 2.05) is 11.3 Å². The highest BCUT2D eigenvalue weighted by Crippen LogP contribution is 2.47. The molecule has 21 heavy (non-hydrogen) atoms. The average Bonchev–Trinajstić information content (AvgIpc) is 3.14. The fraction of sp³-hybridized carbons (Fsp3) is 0.833. The van der Waals surface area contributed by atoms with E-state index in [2.05, 4.69) is 39.9 Å². The second kappa shape index (κ2) is 5.34. The van der Waals surface area contributed by atoms with Crippen molar-refractivity contribution in [2.75, 3.05) is 0 Å². The van der Waals surface area contributed by atoms with Crippen LogP contribution in [-0.4, -0.2) is 11.0 Å². The Hall–Kier alpha value is -0.410. The van der Waals surface area contributed by atoms with Crippen molar-refractivity contribution in [2.45, 2.75) is 84.7 Å². The van der Waals surface area contributed by atoms with E-state index in [1.165, 1.54) is 54.1 Å². The fourth-order valence-electron chi connectivity index (χ4n) is 3.69. The lowest BCUT2D eigenvalue weighted by molar-refractivity contribution is 0.111. The van der Waals surface area contributed by atoms with E-state index in [-0.39, 0.29) is 5.54 Å². The van der Waals surface area contributed by atoms with Gasteiger partial charge in [-0.1, -0.05) is 20.8 Å². The molecule has 2 aliphatic carbocycles. The first-order chi connectivity index (χ1) is 9.80. The van der Waals surface area contributed by atoms with Gasteiger partial charge < -0.3 is 5.32 Å². The standard InChI is InChI=1S/C18H30N2S/c1-12-13(2)21-16(19-12)18(20-15-6-7-15)10-8-14(9-11-18)17(3,4)5/h14-15,20H,6-11H2,1-5H3. The van der Waals surface area contributed by atoms with Crippen LogP contribution in [-0.2, 0) is 5.54 Å². The largest absolute Gasteiger partial charge is 0.303 e. The lowest BCUT2D eigenvalue weighted by Gasteiger charge is -2.44. The van der Waals surface area contributed by atoms with Crippen LogP contribution in [0.2, 0.25) is 0 Å². The Morgan fingerprint density at radius 1 is 1.10 bits per heavy atom. The highest BCUT2D eigenvalue weighted by molar-refractivity contribution is 7.11. The van der Waals surface area contributed by atoms with E-state index >= 15 is 0 Å². The maximum atomic E-state index is 4.93. The molecule has 0 saturated heterocycles. The Morgan fingerprint density at radius 2 is 1.71 bits per heavy atom. The molecule has 2 fully saturated rings. The van der Waals surface area contributed by atoms with Gasteiger partial charge in [0.25, 0.3) is 0 Å². The SMILES string of the molecule is Cc1nc(C2(NC3CC3)CCC(C(C)(C)C)CC2)sc1C. The van der Waals surface area contributed by atoms with Gasteiger partial charge in [0.05, 0.1) is 11.2 Å². The Balaban J connectivity index is 1.82. The molecule has 0 radical (unpaired) electrons. The third-order valence-electron chi connectivity index (χ3n) is 5.56. The van der Waals surface area contributed by atoms with E-state index < -0.39 is 0 Å². The molecule has 1 aromatic rings. The third-order valence-corrected chi connectivity index (χ3v) is 6.84. The van der Waals surface area contributed by atoms with Crippen LogP contribution in [0, 0.1) is 25.2 Å². The maximum Gasteiger partial charge on any atom is 0.113 e. The quantitative estimate of drug-likeness (QED) is 0.855. The van der Waals surface area contributed by atoms with Gasteiger partial charge >= 0.3 is 0 Å². The second-order valence-electron chi connectivity index (χ2n) is 8.30. The maximum absolute atomic E-state index is 4.93. The lowest BCUT2D eigenvalue weighted by atomic mass is 9.67. The summed E-state index contributed by atoms with van der Waals surface area (Å²) in [5.74, 6) is 0.855. The van der Waals surface area contributed by atoms with Gasteiger partial charge in [-0.2, -0.15) is 0 Å². The number of hydrogen-bond donors (Lipinski definition) is 1. The fourth-order valence-corrected chi connectivity index (χ4v) is 4.82. The number of rotatable bonds is 3. The number of aryl methyl sites for hydroxylation is 2. The van der Waals surface area contributed by atoms with Crippen LogP contribution in [0.1, 0.15) is 74.9 Å². The van der Waals surface area contributed by atoms with Crippen molar-refractivity contribution in [3.8, 4) is 0 Å². The zero-order valence-electron chi connectivity index (χ0n) is 14.3.